The molecule has 2 rings (SSSR count). The molecule has 0 radical (unpaired) electrons. The number of rotatable bonds is 7. The van der Waals surface area contributed by atoms with E-state index in [9.17, 15) is 14.4 Å². The summed E-state index contributed by atoms with van der Waals surface area (Å²) in [7, 11) is 0. The third kappa shape index (κ3) is 4.56. The molecule has 146 valence electrons. The molecule has 0 aliphatic heterocycles. The van der Waals surface area contributed by atoms with Crippen LogP contribution in [0, 0.1) is 20.8 Å². The van der Waals surface area contributed by atoms with Gasteiger partial charge in [0.1, 0.15) is 5.00 Å². The number of carbonyl (C=O) groups excluding carboxylic acids is 3. The predicted molar refractivity (Wildman–Crippen MR) is 106 cm³/mol. The molecule has 10 heteroatoms. The van der Waals surface area contributed by atoms with Crippen LogP contribution in [-0.4, -0.2) is 34.2 Å². The number of hydrogen-bond acceptors (Lipinski definition) is 6. The van der Waals surface area contributed by atoms with E-state index in [-0.39, 0.29) is 34.4 Å². The van der Waals surface area contributed by atoms with Gasteiger partial charge in [0.2, 0.25) is 5.91 Å². The molecule has 0 aliphatic carbocycles. The summed E-state index contributed by atoms with van der Waals surface area (Å²) in [5, 5.41) is 7.32. The monoisotopic (exact) mass is 456 g/mol. The highest BCUT2D eigenvalue weighted by molar-refractivity contribution is 9.10. The minimum atomic E-state index is -0.656. The number of nitrogens with one attached hydrogen (secondary N) is 1. The van der Waals surface area contributed by atoms with Gasteiger partial charge in [-0.2, -0.15) is 5.10 Å². The van der Waals surface area contributed by atoms with Crippen LogP contribution in [0.15, 0.2) is 4.47 Å². The van der Waals surface area contributed by atoms with E-state index in [0.717, 1.165) is 27.2 Å². The molecule has 0 aliphatic rings. The summed E-state index contributed by atoms with van der Waals surface area (Å²) < 4.78 is 7.68. The Morgan fingerprint density at radius 3 is 2.48 bits per heavy atom. The highest BCUT2D eigenvalue weighted by Gasteiger charge is 2.25. The first-order chi connectivity index (χ1) is 12.7. The Morgan fingerprint density at radius 1 is 1.30 bits per heavy atom. The molecule has 0 unspecified atom stereocenters. The number of halogens is 1. The number of nitrogens with zero attached hydrogens (tertiary/aromatic N) is 2. The number of carbonyl (C=O) groups is 3. The summed E-state index contributed by atoms with van der Waals surface area (Å²) in [5.41, 5.74) is 7.70. The summed E-state index contributed by atoms with van der Waals surface area (Å²) >= 11 is 4.42. The van der Waals surface area contributed by atoms with Crippen LogP contribution in [0.3, 0.4) is 0 Å². The fourth-order valence-electron chi connectivity index (χ4n) is 2.57. The van der Waals surface area contributed by atoms with Crippen molar-refractivity contribution in [2.45, 2.75) is 40.7 Å². The number of esters is 1. The lowest BCUT2D eigenvalue weighted by molar-refractivity contribution is -0.116. The van der Waals surface area contributed by atoms with Crippen molar-refractivity contribution in [1.29, 1.82) is 0 Å². The fourth-order valence-corrected chi connectivity index (χ4v) is 3.92. The summed E-state index contributed by atoms with van der Waals surface area (Å²) in [6.45, 7) is 7.62. The van der Waals surface area contributed by atoms with Gasteiger partial charge in [0, 0.05) is 12.1 Å². The number of nitrogens with two attached hydrogens (primary N) is 1. The van der Waals surface area contributed by atoms with E-state index >= 15 is 0 Å². The van der Waals surface area contributed by atoms with Gasteiger partial charge in [-0.15, -0.1) is 11.3 Å². The molecule has 2 aromatic heterocycles. The highest BCUT2D eigenvalue weighted by Crippen LogP contribution is 2.33. The van der Waals surface area contributed by atoms with Gasteiger partial charge in [-0.1, -0.05) is 0 Å². The van der Waals surface area contributed by atoms with Crippen molar-refractivity contribution >= 4 is 50.1 Å². The smallest absolute Gasteiger partial charge is 0.341 e. The van der Waals surface area contributed by atoms with Crippen molar-refractivity contribution in [2.75, 3.05) is 11.9 Å². The lowest BCUT2D eigenvalue weighted by atomic mass is 10.1. The van der Waals surface area contributed by atoms with E-state index in [1.165, 1.54) is 0 Å². The van der Waals surface area contributed by atoms with Crippen LogP contribution in [0.1, 0.15) is 50.3 Å². The van der Waals surface area contributed by atoms with Crippen LogP contribution in [0.25, 0.3) is 0 Å². The number of hydrogen-bond donors (Lipinski definition) is 2. The minimum Gasteiger partial charge on any atom is -0.462 e. The molecule has 27 heavy (non-hydrogen) atoms. The van der Waals surface area contributed by atoms with Crippen LogP contribution in [0.2, 0.25) is 0 Å². The number of ether oxygens (including phenoxy) is 1. The summed E-state index contributed by atoms with van der Waals surface area (Å²) in [6.07, 6.45) is 0.152. The van der Waals surface area contributed by atoms with Gasteiger partial charge < -0.3 is 15.8 Å². The lowest BCUT2D eigenvalue weighted by Gasteiger charge is -2.08. The molecule has 2 heterocycles. The summed E-state index contributed by atoms with van der Waals surface area (Å²) in [4.78, 5) is 36.4. The molecule has 0 atom stereocenters. The molecule has 8 nitrogen and oxygen atoms in total. The number of primary amides is 1. The average molecular weight is 457 g/mol. The first-order valence-corrected chi connectivity index (χ1v) is 9.87. The Balaban J connectivity index is 2.18. The van der Waals surface area contributed by atoms with E-state index < -0.39 is 11.9 Å². The standard InChI is InChI=1S/C17H21BrN4O4S/c1-5-26-17(25)12-8(2)14(15(19)24)27-16(12)20-11(23)6-7-22-10(4)13(18)9(3)21-22/h5-7H2,1-4H3,(H2,19,24)(H,20,23). The Labute approximate surface area is 169 Å². The van der Waals surface area contributed by atoms with Crippen molar-refractivity contribution in [3.05, 3.63) is 31.9 Å². The second kappa shape index (κ2) is 8.66. The normalized spacial score (nSPS) is 10.7. The number of aromatic nitrogens is 2. The van der Waals surface area contributed by atoms with Crippen LogP contribution in [-0.2, 0) is 16.1 Å². The molecule has 0 bridgehead atoms. The fraction of sp³-hybridized carbons (Fsp3) is 0.412. The highest BCUT2D eigenvalue weighted by atomic mass is 79.9. The first kappa shape index (κ1) is 21.1. The van der Waals surface area contributed by atoms with Gasteiger partial charge >= 0.3 is 5.97 Å². The topological polar surface area (TPSA) is 116 Å². The van der Waals surface area contributed by atoms with Gasteiger partial charge in [0.05, 0.1) is 33.8 Å². The van der Waals surface area contributed by atoms with Gasteiger partial charge in [0.15, 0.2) is 0 Å². The van der Waals surface area contributed by atoms with E-state index in [4.69, 9.17) is 10.5 Å². The number of anilines is 1. The average Bonchev–Trinajstić information content (AvgIpc) is 3.04. The largest absolute Gasteiger partial charge is 0.462 e. The van der Waals surface area contributed by atoms with Gasteiger partial charge in [0.25, 0.3) is 5.91 Å². The number of amides is 2. The Morgan fingerprint density at radius 2 is 1.96 bits per heavy atom. The van der Waals surface area contributed by atoms with Gasteiger partial charge in [-0.25, -0.2) is 4.79 Å². The van der Waals surface area contributed by atoms with E-state index in [0.29, 0.717) is 12.1 Å². The van der Waals surface area contributed by atoms with E-state index in [2.05, 4.69) is 26.3 Å². The van der Waals surface area contributed by atoms with Crippen LogP contribution < -0.4 is 11.1 Å². The van der Waals surface area contributed by atoms with Crippen molar-refractivity contribution in [1.82, 2.24) is 9.78 Å². The van der Waals surface area contributed by atoms with E-state index in [1.807, 2.05) is 13.8 Å². The SMILES string of the molecule is CCOC(=O)c1c(NC(=O)CCn2nc(C)c(Br)c2C)sc(C(N)=O)c1C. The molecule has 0 spiro atoms. The van der Waals surface area contributed by atoms with Gasteiger partial charge in [-0.3, -0.25) is 14.3 Å². The van der Waals surface area contributed by atoms with E-state index in [1.54, 1.807) is 18.5 Å². The lowest BCUT2D eigenvalue weighted by Crippen LogP contribution is -2.17. The Bertz CT molecular complexity index is 903. The Hall–Kier alpha value is -2.20. The Kier molecular flexibility index (Phi) is 6.77. The second-order valence-electron chi connectivity index (χ2n) is 5.85. The predicted octanol–water partition coefficient (Wildman–Crippen LogP) is 2.94. The van der Waals surface area contributed by atoms with Crippen LogP contribution >= 0.6 is 27.3 Å². The number of aryl methyl sites for hydroxylation is 2. The van der Waals surface area contributed by atoms with Gasteiger partial charge in [-0.05, 0) is 49.2 Å². The first-order valence-electron chi connectivity index (χ1n) is 8.27. The van der Waals surface area contributed by atoms with Crippen molar-refractivity contribution in [3.8, 4) is 0 Å². The third-order valence-corrected chi connectivity index (χ3v) is 6.32. The summed E-state index contributed by atoms with van der Waals surface area (Å²) in [6, 6.07) is 0. The maximum absolute atomic E-state index is 12.4. The molecule has 2 amide bonds. The zero-order valence-electron chi connectivity index (χ0n) is 15.5. The third-order valence-electron chi connectivity index (χ3n) is 3.95. The second-order valence-corrected chi connectivity index (χ2v) is 7.66. The quantitative estimate of drug-likeness (QED) is 0.621. The molecule has 0 fully saturated rings. The molecular formula is C17H21BrN4O4S. The molecular weight excluding hydrogens is 436 g/mol. The molecule has 0 saturated heterocycles. The van der Waals surface area contributed by atoms with Crippen molar-refractivity contribution in [2.24, 2.45) is 5.73 Å². The molecule has 2 aromatic rings. The van der Waals surface area contributed by atoms with Crippen LogP contribution in [0.5, 0.6) is 0 Å². The van der Waals surface area contributed by atoms with Crippen molar-refractivity contribution < 1.29 is 19.1 Å². The maximum atomic E-state index is 12.4. The zero-order valence-corrected chi connectivity index (χ0v) is 17.9. The molecule has 3 N–H and O–H groups in total. The zero-order chi connectivity index (χ0) is 20.3. The summed E-state index contributed by atoms with van der Waals surface area (Å²) in [5.74, 6) is -1.56. The maximum Gasteiger partial charge on any atom is 0.341 e. The van der Waals surface area contributed by atoms with Crippen molar-refractivity contribution in [3.63, 3.8) is 0 Å². The van der Waals surface area contributed by atoms with Crippen LogP contribution in [0.4, 0.5) is 5.00 Å². The minimum absolute atomic E-state index is 0.152. The number of thiophene rings is 1. The molecule has 0 saturated carbocycles. The molecule has 0 aromatic carbocycles.